The molecule has 0 aromatic carbocycles. The van der Waals surface area contributed by atoms with Gasteiger partial charge in [0.1, 0.15) is 0 Å². The van der Waals surface area contributed by atoms with Gasteiger partial charge in [-0.25, -0.2) is 0 Å². The zero-order valence-corrected chi connectivity index (χ0v) is 9.06. The molecule has 1 aliphatic carbocycles. The van der Waals surface area contributed by atoms with Gasteiger partial charge in [-0.15, -0.1) is 0 Å². The minimum atomic E-state index is -0.468. The second-order valence-corrected chi connectivity index (χ2v) is 4.00. The Balaban J connectivity index is 2.42. The average molecular weight is 235 g/mol. The van der Waals surface area contributed by atoms with Gasteiger partial charge in [0.2, 0.25) is 11.6 Å². The number of nitrogens with two attached hydrogens (primary N) is 2. The standard InChI is InChI=1S/C11H13N3O3/c12-6(4-15)1-5-3-14-10-8(16)2-7(13)11(17)9(5)10/h2-3,6,14-15H,1,4,12-13H2. The molecule has 6 nitrogen and oxygen atoms in total. The molecule has 1 aromatic heterocycles. The van der Waals surface area contributed by atoms with Gasteiger partial charge < -0.3 is 21.6 Å². The van der Waals surface area contributed by atoms with Crippen LogP contribution in [0.2, 0.25) is 0 Å². The Labute approximate surface area is 97.3 Å². The predicted molar refractivity (Wildman–Crippen MR) is 60.5 cm³/mol. The minimum absolute atomic E-state index is 0.0686. The maximum absolute atomic E-state index is 11.8. The SMILES string of the molecule is NC1=CC(=O)c2[nH]cc(CC(N)CO)c2C1=O. The van der Waals surface area contributed by atoms with E-state index in [-0.39, 0.29) is 35.1 Å². The van der Waals surface area contributed by atoms with Crippen molar-refractivity contribution in [2.45, 2.75) is 12.5 Å². The third kappa shape index (κ3) is 1.88. The number of carbonyl (C=O) groups excluding carboxylic acids is 2. The zero-order chi connectivity index (χ0) is 12.6. The minimum Gasteiger partial charge on any atom is -0.395 e. The summed E-state index contributed by atoms with van der Waals surface area (Å²) >= 11 is 0. The van der Waals surface area contributed by atoms with Gasteiger partial charge in [0.25, 0.3) is 0 Å². The normalized spacial score (nSPS) is 16.7. The molecule has 0 amide bonds. The molecule has 0 fully saturated rings. The van der Waals surface area contributed by atoms with E-state index in [9.17, 15) is 9.59 Å². The molecule has 17 heavy (non-hydrogen) atoms. The number of H-pyrrole nitrogens is 1. The van der Waals surface area contributed by atoms with Crippen molar-refractivity contribution in [1.29, 1.82) is 0 Å². The number of aromatic nitrogens is 1. The Morgan fingerprint density at radius 1 is 1.41 bits per heavy atom. The number of aromatic amines is 1. The van der Waals surface area contributed by atoms with Crippen LogP contribution in [0, 0.1) is 0 Å². The number of rotatable bonds is 3. The Hall–Kier alpha value is -1.92. The number of aliphatic hydroxyl groups is 1. The van der Waals surface area contributed by atoms with Crippen molar-refractivity contribution in [2.24, 2.45) is 11.5 Å². The van der Waals surface area contributed by atoms with E-state index in [0.29, 0.717) is 12.0 Å². The van der Waals surface area contributed by atoms with Crippen LogP contribution in [0.25, 0.3) is 0 Å². The fourth-order valence-electron chi connectivity index (χ4n) is 1.85. The van der Waals surface area contributed by atoms with Gasteiger partial charge in [0.05, 0.1) is 23.6 Å². The monoisotopic (exact) mass is 235 g/mol. The summed E-state index contributed by atoms with van der Waals surface area (Å²) in [4.78, 5) is 26.2. The van der Waals surface area contributed by atoms with E-state index in [1.165, 1.54) is 0 Å². The molecule has 6 heteroatoms. The number of carbonyl (C=O) groups is 2. The molecule has 0 bridgehead atoms. The first-order valence-corrected chi connectivity index (χ1v) is 5.17. The van der Waals surface area contributed by atoms with Crippen molar-refractivity contribution in [3.8, 4) is 0 Å². The lowest BCUT2D eigenvalue weighted by Crippen LogP contribution is -2.28. The second-order valence-electron chi connectivity index (χ2n) is 4.00. The molecule has 0 spiro atoms. The first-order valence-electron chi connectivity index (χ1n) is 5.17. The van der Waals surface area contributed by atoms with Crippen molar-refractivity contribution < 1.29 is 14.7 Å². The molecule has 0 saturated heterocycles. The quantitative estimate of drug-likeness (QED) is 0.540. The van der Waals surface area contributed by atoms with Crippen LogP contribution < -0.4 is 11.5 Å². The first-order chi connectivity index (χ1) is 8.04. The predicted octanol–water partition coefficient (Wildman–Crippen LogP) is -0.902. The van der Waals surface area contributed by atoms with E-state index in [1.807, 2.05) is 0 Å². The molecular weight excluding hydrogens is 222 g/mol. The summed E-state index contributed by atoms with van der Waals surface area (Å²) in [7, 11) is 0. The number of hydrogen-bond acceptors (Lipinski definition) is 5. The van der Waals surface area contributed by atoms with Gasteiger partial charge in [0, 0.05) is 18.3 Å². The smallest absolute Gasteiger partial charge is 0.211 e. The van der Waals surface area contributed by atoms with Crippen LogP contribution in [0.1, 0.15) is 26.4 Å². The third-order valence-electron chi connectivity index (χ3n) is 2.70. The van der Waals surface area contributed by atoms with E-state index >= 15 is 0 Å². The third-order valence-corrected chi connectivity index (χ3v) is 2.70. The molecule has 6 N–H and O–H groups in total. The summed E-state index contributed by atoms with van der Waals surface area (Å²) in [5, 5.41) is 8.88. The molecule has 1 unspecified atom stereocenters. The lowest BCUT2D eigenvalue weighted by molar-refractivity contribution is 0.0980. The highest BCUT2D eigenvalue weighted by Gasteiger charge is 2.28. The summed E-state index contributed by atoms with van der Waals surface area (Å²) in [6.45, 7) is -0.187. The summed E-state index contributed by atoms with van der Waals surface area (Å²) in [5.41, 5.74) is 12.1. The van der Waals surface area contributed by atoms with Crippen LogP contribution in [-0.2, 0) is 6.42 Å². The number of aliphatic hydroxyl groups excluding tert-OH is 1. The largest absolute Gasteiger partial charge is 0.395 e. The molecule has 1 aliphatic rings. The van der Waals surface area contributed by atoms with Gasteiger partial charge in [-0.05, 0) is 12.0 Å². The molecule has 1 heterocycles. The maximum atomic E-state index is 11.8. The Morgan fingerprint density at radius 2 is 2.12 bits per heavy atom. The molecular formula is C11H13N3O3. The number of ketones is 2. The van der Waals surface area contributed by atoms with Crippen LogP contribution >= 0.6 is 0 Å². The van der Waals surface area contributed by atoms with Gasteiger partial charge in [0.15, 0.2) is 0 Å². The maximum Gasteiger partial charge on any atom is 0.211 e. The van der Waals surface area contributed by atoms with Crippen LogP contribution in [-0.4, -0.2) is 34.3 Å². The van der Waals surface area contributed by atoms with E-state index in [0.717, 1.165) is 6.08 Å². The molecule has 2 rings (SSSR count). The van der Waals surface area contributed by atoms with Crippen LogP contribution in [0.15, 0.2) is 18.0 Å². The van der Waals surface area contributed by atoms with E-state index in [2.05, 4.69) is 4.98 Å². The zero-order valence-electron chi connectivity index (χ0n) is 9.06. The Bertz CT molecular complexity index is 516. The fraction of sp³-hybridized carbons (Fsp3) is 0.273. The number of nitrogens with one attached hydrogen (secondary N) is 1. The number of fused-ring (bicyclic) bond motifs is 1. The first kappa shape index (κ1) is 11.6. The van der Waals surface area contributed by atoms with Gasteiger partial charge in [-0.2, -0.15) is 0 Å². The molecule has 0 radical (unpaired) electrons. The van der Waals surface area contributed by atoms with Gasteiger partial charge in [-0.3, -0.25) is 9.59 Å². The average Bonchev–Trinajstić information content (AvgIpc) is 2.70. The van der Waals surface area contributed by atoms with Crippen molar-refractivity contribution in [3.05, 3.63) is 34.8 Å². The van der Waals surface area contributed by atoms with Crippen LogP contribution in [0.3, 0.4) is 0 Å². The second kappa shape index (κ2) is 4.15. The summed E-state index contributed by atoms with van der Waals surface area (Å²) in [5.74, 6) is -0.693. The fourth-order valence-corrected chi connectivity index (χ4v) is 1.85. The Morgan fingerprint density at radius 3 is 2.76 bits per heavy atom. The topological polar surface area (TPSA) is 122 Å². The van der Waals surface area contributed by atoms with Crippen molar-refractivity contribution in [1.82, 2.24) is 4.98 Å². The van der Waals surface area contributed by atoms with Crippen LogP contribution in [0.5, 0.6) is 0 Å². The number of allylic oxidation sites excluding steroid dienone is 2. The lowest BCUT2D eigenvalue weighted by Gasteiger charge is -2.12. The summed E-state index contributed by atoms with van der Waals surface area (Å²) < 4.78 is 0. The molecule has 90 valence electrons. The highest BCUT2D eigenvalue weighted by Crippen LogP contribution is 2.23. The van der Waals surface area contributed by atoms with Gasteiger partial charge in [-0.1, -0.05) is 0 Å². The molecule has 1 atom stereocenters. The summed E-state index contributed by atoms with van der Waals surface area (Å²) in [6, 6.07) is -0.468. The van der Waals surface area contributed by atoms with Gasteiger partial charge >= 0.3 is 0 Å². The van der Waals surface area contributed by atoms with Crippen molar-refractivity contribution in [3.63, 3.8) is 0 Å². The highest BCUT2D eigenvalue weighted by atomic mass is 16.3. The lowest BCUT2D eigenvalue weighted by atomic mass is 9.94. The highest BCUT2D eigenvalue weighted by molar-refractivity contribution is 6.24. The van der Waals surface area contributed by atoms with Crippen molar-refractivity contribution >= 4 is 11.6 Å². The van der Waals surface area contributed by atoms with E-state index in [1.54, 1.807) is 6.20 Å². The number of Topliss-reactive ketones (excluding diaryl/α,β-unsaturated/α-hetero) is 1. The van der Waals surface area contributed by atoms with Crippen molar-refractivity contribution in [2.75, 3.05) is 6.61 Å². The van der Waals surface area contributed by atoms with E-state index < -0.39 is 6.04 Å². The summed E-state index contributed by atoms with van der Waals surface area (Å²) in [6.07, 6.45) is 2.98. The molecule has 0 saturated carbocycles. The van der Waals surface area contributed by atoms with Crippen LogP contribution in [0.4, 0.5) is 0 Å². The molecule has 0 aliphatic heterocycles. The Kier molecular flexibility index (Phi) is 2.83. The number of hydrogen-bond donors (Lipinski definition) is 4. The van der Waals surface area contributed by atoms with E-state index in [4.69, 9.17) is 16.6 Å². The molecule has 1 aromatic rings.